The number of likely N-dealkylation sites (N-methyl/N-ethyl adjacent to an activating group) is 1. The van der Waals surface area contributed by atoms with E-state index in [0.29, 0.717) is 24.5 Å². The van der Waals surface area contributed by atoms with Crippen LogP contribution < -0.4 is 5.32 Å². The normalized spacial score (nSPS) is 10.5. The summed E-state index contributed by atoms with van der Waals surface area (Å²) in [6.07, 6.45) is 1.09. The standard InChI is InChI=1S/C18H23N3O2S/c1-4-21(17(23)11-10-15-8-6-5-7-9-15)12-16(22)20-18-19-13(2)14(3)24-18/h5-9H,4,10-12H2,1-3H3,(H,19,20,22). The van der Waals surface area contributed by atoms with E-state index in [-0.39, 0.29) is 18.4 Å². The molecule has 1 N–H and O–H groups in total. The molecule has 2 amide bonds. The SMILES string of the molecule is CCN(CC(=O)Nc1nc(C)c(C)s1)C(=O)CCc1ccccc1. The van der Waals surface area contributed by atoms with Crippen LogP contribution in [0.25, 0.3) is 0 Å². The van der Waals surface area contributed by atoms with Crippen molar-refractivity contribution in [1.82, 2.24) is 9.88 Å². The smallest absolute Gasteiger partial charge is 0.245 e. The van der Waals surface area contributed by atoms with Gasteiger partial charge in [-0.2, -0.15) is 0 Å². The van der Waals surface area contributed by atoms with Gasteiger partial charge >= 0.3 is 0 Å². The Hall–Kier alpha value is -2.21. The first-order chi connectivity index (χ1) is 11.5. The van der Waals surface area contributed by atoms with E-state index >= 15 is 0 Å². The maximum Gasteiger partial charge on any atom is 0.245 e. The van der Waals surface area contributed by atoms with Gasteiger partial charge in [0.15, 0.2) is 5.13 Å². The summed E-state index contributed by atoms with van der Waals surface area (Å²) in [5, 5.41) is 3.36. The largest absolute Gasteiger partial charge is 0.334 e. The van der Waals surface area contributed by atoms with E-state index < -0.39 is 0 Å². The van der Waals surface area contributed by atoms with E-state index in [0.717, 1.165) is 16.1 Å². The maximum absolute atomic E-state index is 12.3. The first kappa shape index (κ1) is 18.1. The Balaban J connectivity index is 1.85. The third-order valence-corrected chi connectivity index (χ3v) is 4.80. The second kappa shape index (κ2) is 8.59. The summed E-state index contributed by atoms with van der Waals surface area (Å²) in [4.78, 5) is 31.4. The number of anilines is 1. The highest BCUT2D eigenvalue weighted by molar-refractivity contribution is 7.15. The molecule has 1 aromatic heterocycles. The van der Waals surface area contributed by atoms with Gasteiger partial charge in [-0.05, 0) is 32.8 Å². The lowest BCUT2D eigenvalue weighted by Crippen LogP contribution is -2.38. The average Bonchev–Trinajstić information content (AvgIpc) is 2.88. The summed E-state index contributed by atoms with van der Waals surface area (Å²) in [6.45, 7) is 6.32. The number of hydrogen-bond donors (Lipinski definition) is 1. The van der Waals surface area contributed by atoms with Crippen LogP contribution in [0, 0.1) is 13.8 Å². The zero-order valence-electron chi connectivity index (χ0n) is 14.3. The van der Waals surface area contributed by atoms with Crippen molar-refractivity contribution in [3.8, 4) is 0 Å². The van der Waals surface area contributed by atoms with Gasteiger partial charge in [0.2, 0.25) is 11.8 Å². The van der Waals surface area contributed by atoms with Crippen LogP contribution in [-0.4, -0.2) is 34.8 Å². The molecule has 0 bridgehead atoms. The molecule has 1 aromatic carbocycles. The summed E-state index contributed by atoms with van der Waals surface area (Å²) >= 11 is 1.45. The number of nitrogens with one attached hydrogen (secondary N) is 1. The Morgan fingerprint density at radius 1 is 1.21 bits per heavy atom. The van der Waals surface area contributed by atoms with Gasteiger partial charge in [0.05, 0.1) is 12.2 Å². The fourth-order valence-electron chi connectivity index (χ4n) is 2.29. The average molecular weight is 345 g/mol. The van der Waals surface area contributed by atoms with Crippen molar-refractivity contribution in [3.05, 3.63) is 46.5 Å². The first-order valence-corrected chi connectivity index (χ1v) is 8.86. The summed E-state index contributed by atoms with van der Waals surface area (Å²) in [6, 6.07) is 9.88. The van der Waals surface area contributed by atoms with E-state index in [2.05, 4.69) is 10.3 Å². The molecule has 0 fully saturated rings. The molecule has 0 atom stereocenters. The molecule has 0 spiro atoms. The van der Waals surface area contributed by atoms with Crippen LogP contribution in [-0.2, 0) is 16.0 Å². The van der Waals surface area contributed by atoms with Crippen molar-refractivity contribution in [3.63, 3.8) is 0 Å². The number of amides is 2. The highest BCUT2D eigenvalue weighted by atomic mass is 32.1. The van der Waals surface area contributed by atoms with E-state index in [9.17, 15) is 9.59 Å². The van der Waals surface area contributed by atoms with Crippen LogP contribution >= 0.6 is 11.3 Å². The van der Waals surface area contributed by atoms with Crippen molar-refractivity contribution >= 4 is 28.3 Å². The molecular weight excluding hydrogens is 322 g/mol. The Morgan fingerprint density at radius 2 is 1.92 bits per heavy atom. The maximum atomic E-state index is 12.3. The molecule has 0 saturated carbocycles. The van der Waals surface area contributed by atoms with Crippen LogP contribution in [0.15, 0.2) is 30.3 Å². The number of rotatable bonds is 7. The molecular formula is C18H23N3O2S. The monoisotopic (exact) mass is 345 g/mol. The molecule has 6 heteroatoms. The molecule has 24 heavy (non-hydrogen) atoms. The van der Waals surface area contributed by atoms with Crippen molar-refractivity contribution in [2.24, 2.45) is 0 Å². The quantitative estimate of drug-likeness (QED) is 0.838. The van der Waals surface area contributed by atoms with Gasteiger partial charge in [-0.1, -0.05) is 30.3 Å². The van der Waals surface area contributed by atoms with Gasteiger partial charge in [-0.25, -0.2) is 4.98 Å². The minimum Gasteiger partial charge on any atom is -0.334 e. The van der Waals surface area contributed by atoms with Gasteiger partial charge in [-0.3, -0.25) is 9.59 Å². The molecule has 1 heterocycles. The minimum absolute atomic E-state index is 0.0111. The van der Waals surface area contributed by atoms with Gasteiger partial charge in [0.1, 0.15) is 0 Å². The number of carbonyl (C=O) groups is 2. The molecule has 0 radical (unpaired) electrons. The summed E-state index contributed by atoms with van der Waals surface area (Å²) in [5.41, 5.74) is 2.04. The lowest BCUT2D eigenvalue weighted by molar-refractivity contribution is -0.134. The number of nitrogens with zero attached hydrogens (tertiary/aromatic N) is 2. The second-order valence-corrected chi connectivity index (χ2v) is 6.81. The number of thiazole rings is 1. The van der Waals surface area contributed by atoms with Gasteiger partial charge < -0.3 is 10.2 Å². The molecule has 0 saturated heterocycles. The zero-order chi connectivity index (χ0) is 17.5. The fourth-order valence-corrected chi connectivity index (χ4v) is 3.12. The van der Waals surface area contributed by atoms with E-state index in [1.165, 1.54) is 11.3 Å². The van der Waals surface area contributed by atoms with Crippen LogP contribution in [0.4, 0.5) is 5.13 Å². The fraction of sp³-hybridized carbons (Fsp3) is 0.389. The Bertz CT molecular complexity index is 678. The predicted octanol–water partition coefficient (Wildman–Crippen LogP) is 3.18. The topological polar surface area (TPSA) is 62.3 Å². The minimum atomic E-state index is -0.210. The van der Waals surface area contributed by atoms with Crippen molar-refractivity contribution < 1.29 is 9.59 Å². The molecule has 0 unspecified atom stereocenters. The number of benzene rings is 1. The molecule has 0 aliphatic heterocycles. The lowest BCUT2D eigenvalue weighted by Gasteiger charge is -2.20. The van der Waals surface area contributed by atoms with Gasteiger partial charge in [-0.15, -0.1) is 11.3 Å². The summed E-state index contributed by atoms with van der Waals surface area (Å²) in [5.74, 6) is -0.221. The third-order valence-electron chi connectivity index (χ3n) is 3.81. The van der Waals surface area contributed by atoms with Crippen molar-refractivity contribution in [1.29, 1.82) is 0 Å². The Morgan fingerprint density at radius 3 is 2.50 bits per heavy atom. The number of hydrogen-bond acceptors (Lipinski definition) is 4. The molecule has 5 nitrogen and oxygen atoms in total. The van der Waals surface area contributed by atoms with Crippen LogP contribution in [0.2, 0.25) is 0 Å². The summed E-state index contributed by atoms with van der Waals surface area (Å²) < 4.78 is 0. The molecule has 128 valence electrons. The summed E-state index contributed by atoms with van der Waals surface area (Å²) in [7, 11) is 0. The van der Waals surface area contributed by atoms with Crippen LogP contribution in [0.3, 0.4) is 0 Å². The van der Waals surface area contributed by atoms with Gasteiger partial charge in [0.25, 0.3) is 0 Å². The van der Waals surface area contributed by atoms with Crippen molar-refractivity contribution in [2.75, 3.05) is 18.4 Å². The van der Waals surface area contributed by atoms with Crippen LogP contribution in [0.1, 0.15) is 29.5 Å². The highest BCUT2D eigenvalue weighted by Gasteiger charge is 2.16. The number of aryl methyl sites for hydroxylation is 3. The Kier molecular flexibility index (Phi) is 6.49. The first-order valence-electron chi connectivity index (χ1n) is 8.05. The lowest BCUT2D eigenvalue weighted by atomic mass is 10.1. The molecule has 0 aliphatic carbocycles. The zero-order valence-corrected chi connectivity index (χ0v) is 15.2. The van der Waals surface area contributed by atoms with E-state index in [1.54, 1.807) is 4.90 Å². The number of carbonyl (C=O) groups excluding carboxylic acids is 2. The third kappa shape index (κ3) is 5.16. The molecule has 2 rings (SSSR count). The van der Waals surface area contributed by atoms with E-state index in [4.69, 9.17) is 0 Å². The molecule has 2 aromatic rings. The highest BCUT2D eigenvalue weighted by Crippen LogP contribution is 2.20. The second-order valence-electron chi connectivity index (χ2n) is 5.60. The van der Waals surface area contributed by atoms with Gasteiger partial charge in [0, 0.05) is 17.8 Å². The van der Waals surface area contributed by atoms with E-state index in [1.807, 2.05) is 51.1 Å². The predicted molar refractivity (Wildman–Crippen MR) is 97.2 cm³/mol. The van der Waals surface area contributed by atoms with Crippen LogP contribution in [0.5, 0.6) is 0 Å². The Labute approximate surface area is 146 Å². The number of aromatic nitrogens is 1. The molecule has 0 aliphatic rings. The van der Waals surface area contributed by atoms with Crippen molar-refractivity contribution in [2.45, 2.75) is 33.6 Å².